The molecule has 8 heavy (non-hydrogen) atoms. The van der Waals surface area contributed by atoms with Gasteiger partial charge in [0.05, 0.1) is 0 Å². The molecule has 1 heteroatoms. The molecule has 0 fully saturated rings. The van der Waals surface area contributed by atoms with Gasteiger partial charge in [0.25, 0.3) is 0 Å². The summed E-state index contributed by atoms with van der Waals surface area (Å²) in [6.07, 6.45) is 4.97. The minimum Gasteiger partial charge on any atom is -0.298 e. The first-order valence-corrected chi connectivity index (χ1v) is 2.62. The highest BCUT2D eigenvalue weighted by Crippen LogP contribution is 1.93. The van der Waals surface area contributed by atoms with Gasteiger partial charge in [-0.2, -0.15) is 0 Å². The van der Waals surface area contributed by atoms with E-state index in [1.54, 1.807) is 12.2 Å². The summed E-state index contributed by atoms with van der Waals surface area (Å²) in [5.74, 6) is 0. The first-order valence-electron chi connectivity index (χ1n) is 2.62. The Labute approximate surface area is 49.7 Å². The van der Waals surface area contributed by atoms with Crippen LogP contribution < -0.4 is 0 Å². The van der Waals surface area contributed by atoms with Gasteiger partial charge in [0.2, 0.25) is 0 Å². The second-order valence-corrected chi connectivity index (χ2v) is 1.45. The maximum atomic E-state index is 10.0. The van der Waals surface area contributed by atoms with Crippen molar-refractivity contribution in [2.75, 3.05) is 0 Å². The molecule has 0 spiro atoms. The summed E-state index contributed by atoms with van der Waals surface area (Å²) in [7, 11) is 0. The van der Waals surface area contributed by atoms with E-state index in [1.807, 2.05) is 6.92 Å². The van der Waals surface area contributed by atoms with Crippen molar-refractivity contribution in [2.24, 2.45) is 0 Å². The molecule has 0 saturated heterocycles. The molecular weight excluding hydrogens is 100 g/mol. The summed E-state index contributed by atoms with van der Waals surface area (Å²) in [6, 6.07) is 0. The van der Waals surface area contributed by atoms with Gasteiger partial charge in [-0.15, -0.1) is 0 Å². The lowest BCUT2D eigenvalue weighted by Crippen LogP contribution is -1.77. The van der Waals surface area contributed by atoms with Crippen LogP contribution in [0.4, 0.5) is 0 Å². The van der Waals surface area contributed by atoms with Crippen molar-refractivity contribution >= 4 is 6.29 Å². The normalized spacial score (nSPS) is 10.9. The number of hydrogen-bond donors (Lipinski definition) is 0. The van der Waals surface area contributed by atoms with E-state index in [9.17, 15) is 4.79 Å². The van der Waals surface area contributed by atoms with E-state index in [0.717, 1.165) is 18.3 Å². The SMILES string of the molecule is C=C/C=C(/C=O)CC. The zero-order valence-electron chi connectivity index (χ0n) is 5.05. The molecule has 0 saturated carbocycles. The summed E-state index contributed by atoms with van der Waals surface area (Å²) in [5.41, 5.74) is 0.792. The highest BCUT2D eigenvalue weighted by molar-refractivity contribution is 5.73. The molecule has 0 rings (SSSR count). The number of hydrogen-bond acceptors (Lipinski definition) is 1. The highest BCUT2D eigenvalue weighted by Gasteiger charge is 1.83. The van der Waals surface area contributed by atoms with Crippen molar-refractivity contribution in [3.05, 3.63) is 24.3 Å². The second kappa shape index (κ2) is 4.31. The van der Waals surface area contributed by atoms with Crippen LogP contribution in [0, 0.1) is 0 Å². The minimum absolute atomic E-state index is 0.787. The molecule has 0 aromatic heterocycles. The van der Waals surface area contributed by atoms with Gasteiger partial charge in [0.1, 0.15) is 6.29 Å². The number of aldehydes is 1. The zero-order valence-corrected chi connectivity index (χ0v) is 5.05. The van der Waals surface area contributed by atoms with Gasteiger partial charge in [0, 0.05) is 0 Å². The van der Waals surface area contributed by atoms with E-state index in [0.29, 0.717) is 0 Å². The van der Waals surface area contributed by atoms with Crippen molar-refractivity contribution < 1.29 is 4.79 Å². The van der Waals surface area contributed by atoms with Crippen LogP contribution in [0.25, 0.3) is 0 Å². The highest BCUT2D eigenvalue weighted by atomic mass is 16.1. The monoisotopic (exact) mass is 110 g/mol. The average Bonchev–Trinajstić information content (AvgIpc) is 1.83. The fraction of sp³-hybridized carbons (Fsp3) is 0.286. The van der Waals surface area contributed by atoms with E-state index in [-0.39, 0.29) is 0 Å². The quantitative estimate of drug-likeness (QED) is 0.307. The van der Waals surface area contributed by atoms with E-state index in [1.165, 1.54) is 0 Å². The topological polar surface area (TPSA) is 17.1 Å². The molecule has 0 aliphatic heterocycles. The Morgan fingerprint density at radius 2 is 2.38 bits per heavy atom. The molecule has 0 aromatic rings. The maximum absolute atomic E-state index is 10.0. The average molecular weight is 110 g/mol. The van der Waals surface area contributed by atoms with Gasteiger partial charge in [-0.3, -0.25) is 4.79 Å². The van der Waals surface area contributed by atoms with Crippen molar-refractivity contribution in [2.45, 2.75) is 13.3 Å². The fourth-order valence-corrected chi connectivity index (χ4v) is 0.392. The van der Waals surface area contributed by atoms with Crippen molar-refractivity contribution in [1.82, 2.24) is 0 Å². The predicted octanol–water partition coefficient (Wildman–Crippen LogP) is 1.71. The lowest BCUT2D eigenvalue weighted by Gasteiger charge is -1.85. The van der Waals surface area contributed by atoms with Crippen LogP contribution in [0.5, 0.6) is 0 Å². The lowest BCUT2D eigenvalue weighted by molar-refractivity contribution is -0.105. The smallest absolute Gasteiger partial charge is 0.146 e. The molecule has 0 aromatic carbocycles. The van der Waals surface area contributed by atoms with Crippen molar-refractivity contribution in [3.8, 4) is 0 Å². The summed E-state index contributed by atoms with van der Waals surface area (Å²) < 4.78 is 0. The Balaban J connectivity index is 3.84. The third-order valence-corrected chi connectivity index (χ3v) is 0.892. The van der Waals surface area contributed by atoms with Gasteiger partial charge in [0.15, 0.2) is 0 Å². The molecular formula is C7H10O. The predicted molar refractivity (Wildman–Crippen MR) is 34.6 cm³/mol. The van der Waals surface area contributed by atoms with Gasteiger partial charge >= 0.3 is 0 Å². The van der Waals surface area contributed by atoms with Crippen LogP contribution in [0.1, 0.15) is 13.3 Å². The van der Waals surface area contributed by atoms with Crippen LogP contribution >= 0.6 is 0 Å². The van der Waals surface area contributed by atoms with Crippen molar-refractivity contribution in [1.29, 1.82) is 0 Å². The largest absolute Gasteiger partial charge is 0.298 e. The standard InChI is InChI=1S/C7H10O/c1-3-5-7(4-2)6-8/h3,5-6H,1,4H2,2H3/b7-5+. The molecule has 0 amide bonds. The summed E-state index contributed by atoms with van der Waals surface area (Å²) in [6.45, 7) is 5.40. The number of carbonyl (C=O) groups is 1. The Bertz CT molecular complexity index is 112. The van der Waals surface area contributed by atoms with Crippen LogP contribution in [-0.2, 0) is 4.79 Å². The van der Waals surface area contributed by atoms with Crippen LogP contribution in [0.15, 0.2) is 24.3 Å². The van der Waals surface area contributed by atoms with Crippen LogP contribution in [0.2, 0.25) is 0 Å². The molecule has 0 bridgehead atoms. The molecule has 0 aliphatic rings. The first-order chi connectivity index (χ1) is 3.85. The van der Waals surface area contributed by atoms with Gasteiger partial charge in [-0.25, -0.2) is 0 Å². The Kier molecular flexibility index (Phi) is 3.85. The third-order valence-electron chi connectivity index (χ3n) is 0.892. The van der Waals surface area contributed by atoms with E-state index in [4.69, 9.17) is 0 Å². The molecule has 44 valence electrons. The Morgan fingerprint density at radius 3 is 2.50 bits per heavy atom. The second-order valence-electron chi connectivity index (χ2n) is 1.45. The fourth-order valence-electron chi connectivity index (χ4n) is 0.392. The molecule has 0 aliphatic carbocycles. The summed E-state index contributed by atoms with van der Waals surface area (Å²) in [5, 5.41) is 0. The maximum Gasteiger partial charge on any atom is 0.146 e. The van der Waals surface area contributed by atoms with Gasteiger partial charge in [-0.05, 0) is 12.0 Å². The van der Waals surface area contributed by atoms with Gasteiger partial charge < -0.3 is 0 Å². The Morgan fingerprint density at radius 1 is 1.75 bits per heavy atom. The molecule has 1 nitrogen and oxygen atoms in total. The van der Waals surface area contributed by atoms with E-state index >= 15 is 0 Å². The number of carbonyl (C=O) groups excluding carboxylic acids is 1. The van der Waals surface area contributed by atoms with Crippen LogP contribution in [-0.4, -0.2) is 6.29 Å². The van der Waals surface area contributed by atoms with Crippen molar-refractivity contribution in [3.63, 3.8) is 0 Å². The summed E-state index contributed by atoms with van der Waals surface area (Å²) >= 11 is 0. The molecule has 0 atom stereocenters. The summed E-state index contributed by atoms with van der Waals surface area (Å²) in [4.78, 5) is 10.0. The molecule has 0 heterocycles. The number of rotatable bonds is 3. The van der Waals surface area contributed by atoms with E-state index < -0.39 is 0 Å². The molecule has 0 radical (unpaired) electrons. The zero-order chi connectivity index (χ0) is 6.41. The van der Waals surface area contributed by atoms with Crippen LogP contribution in [0.3, 0.4) is 0 Å². The molecule has 0 unspecified atom stereocenters. The van der Waals surface area contributed by atoms with Gasteiger partial charge in [-0.1, -0.05) is 25.7 Å². The Hall–Kier alpha value is -0.850. The number of allylic oxidation sites excluding steroid dienone is 3. The third kappa shape index (κ3) is 2.35. The first kappa shape index (κ1) is 7.15. The molecule has 0 N–H and O–H groups in total. The minimum atomic E-state index is 0.787. The lowest BCUT2D eigenvalue weighted by atomic mass is 10.2. The van der Waals surface area contributed by atoms with E-state index in [2.05, 4.69) is 6.58 Å².